The van der Waals surface area contributed by atoms with Gasteiger partial charge in [-0.2, -0.15) is 13.2 Å². The Kier molecular flexibility index (Phi) is 4.17. The lowest BCUT2D eigenvalue weighted by atomic mass is 10.0. The van der Waals surface area contributed by atoms with E-state index in [0.717, 1.165) is 0 Å². The van der Waals surface area contributed by atoms with E-state index in [1.165, 1.54) is 25.1 Å². The Morgan fingerprint density at radius 2 is 1.94 bits per heavy atom. The maximum Gasteiger partial charge on any atom is 0.417 e. The summed E-state index contributed by atoms with van der Waals surface area (Å²) in [5, 5.41) is 0. The molecule has 0 radical (unpaired) electrons. The molecule has 0 aliphatic carbocycles. The molecule has 0 fully saturated rings. The Bertz CT molecular complexity index is 415. The highest BCUT2D eigenvalue weighted by Gasteiger charge is 2.37. The van der Waals surface area contributed by atoms with E-state index in [2.05, 4.69) is 31.9 Å². The van der Waals surface area contributed by atoms with Crippen molar-refractivity contribution >= 4 is 37.6 Å². The van der Waals surface area contributed by atoms with Crippen molar-refractivity contribution in [3.05, 3.63) is 33.8 Å². The van der Waals surface area contributed by atoms with Crippen molar-refractivity contribution < 1.29 is 18.0 Å². The molecule has 1 atom stereocenters. The van der Waals surface area contributed by atoms with Crippen LogP contribution < -0.4 is 0 Å². The molecule has 0 aliphatic heterocycles. The van der Waals surface area contributed by atoms with Crippen LogP contribution in [0.5, 0.6) is 0 Å². The highest BCUT2D eigenvalue weighted by molar-refractivity contribution is 9.10. The van der Waals surface area contributed by atoms with Gasteiger partial charge < -0.3 is 0 Å². The fraction of sp³-hybridized carbons (Fsp3) is 0.300. The van der Waals surface area contributed by atoms with Crippen LogP contribution in [0.15, 0.2) is 22.7 Å². The fourth-order valence-corrected chi connectivity index (χ4v) is 2.26. The van der Waals surface area contributed by atoms with E-state index in [1.807, 2.05) is 0 Å². The van der Waals surface area contributed by atoms with Crippen LogP contribution in [0.3, 0.4) is 0 Å². The predicted molar refractivity (Wildman–Crippen MR) is 61.5 cm³/mol. The lowest BCUT2D eigenvalue weighted by Gasteiger charge is -2.16. The molecule has 0 aromatic heterocycles. The molecule has 16 heavy (non-hydrogen) atoms. The second-order valence-corrected chi connectivity index (χ2v) is 4.95. The highest BCUT2D eigenvalue weighted by Crippen LogP contribution is 2.41. The molecule has 0 N–H and O–H groups in total. The van der Waals surface area contributed by atoms with Crippen molar-refractivity contribution in [2.75, 3.05) is 0 Å². The van der Waals surface area contributed by atoms with Crippen LogP contribution >= 0.6 is 31.9 Å². The molecule has 1 aromatic rings. The number of carbonyl (C=O) groups is 1. The first kappa shape index (κ1) is 13.7. The number of Topliss-reactive ketones (excluding diaryl/α,β-unsaturated/α-hetero) is 1. The first-order valence-electron chi connectivity index (χ1n) is 4.25. The summed E-state index contributed by atoms with van der Waals surface area (Å²) in [5.41, 5.74) is -0.888. The number of halogens is 5. The number of hydrogen-bond donors (Lipinski definition) is 0. The fourth-order valence-electron chi connectivity index (χ4n) is 1.27. The van der Waals surface area contributed by atoms with Gasteiger partial charge >= 0.3 is 6.18 Å². The molecule has 0 saturated carbocycles. The molecule has 0 spiro atoms. The molecule has 6 heteroatoms. The number of benzene rings is 1. The summed E-state index contributed by atoms with van der Waals surface area (Å²) in [6, 6.07) is 4.05. The summed E-state index contributed by atoms with van der Waals surface area (Å²) in [5.74, 6) is -0.372. The predicted octanol–water partition coefficient (Wildman–Crippen LogP) is 4.49. The van der Waals surface area contributed by atoms with Crippen molar-refractivity contribution in [1.82, 2.24) is 0 Å². The van der Waals surface area contributed by atoms with Gasteiger partial charge in [-0.25, -0.2) is 0 Å². The number of hydrogen-bond acceptors (Lipinski definition) is 1. The normalized spacial score (nSPS) is 13.6. The zero-order chi connectivity index (χ0) is 12.5. The van der Waals surface area contributed by atoms with Gasteiger partial charge in [-0.3, -0.25) is 4.79 Å². The maximum absolute atomic E-state index is 12.8. The summed E-state index contributed by atoms with van der Waals surface area (Å²) >= 11 is 5.81. The second-order valence-electron chi connectivity index (χ2n) is 3.18. The molecular formula is C10H7Br2F3O. The van der Waals surface area contributed by atoms with Crippen molar-refractivity contribution in [2.24, 2.45) is 0 Å². The third kappa shape index (κ3) is 2.85. The van der Waals surface area contributed by atoms with E-state index in [1.54, 1.807) is 0 Å². The van der Waals surface area contributed by atoms with Crippen molar-refractivity contribution in [3.63, 3.8) is 0 Å². The SMILES string of the molecule is CC(=O)C(Br)c1cccc(Br)c1C(F)(F)F. The van der Waals surface area contributed by atoms with Gasteiger partial charge in [-0.15, -0.1) is 0 Å². The lowest BCUT2D eigenvalue weighted by molar-refractivity contribution is -0.138. The van der Waals surface area contributed by atoms with Crippen LogP contribution in [-0.4, -0.2) is 5.78 Å². The maximum atomic E-state index is 12.8. The minimum Gasteiger partial charge on any atom is -0.298 e. The Balaban J connectivity index is 3.40. The van der Waals surface area contributed by atoms with Crippen molar-refractivity contribution in [1.29, 1.82) is 0 Å². The zero-order valence-corrected chi connectivity index (χ0v) is 11.3. The van der Waals surface area contributed by atoms with Crippen molar-refractivity contribution in [2.45, 2.75) is 17.9 Å². The number of ketones is 1. The van der Waals surface area contributed by atoms with Crippen LogP contribution in [0.2, 0.25) is 0 Å². The van der Waals surface area contributed by atoms with Gasteiger partial charge in [0.05, 0.1) is 10.4 Å². The zero-order valence-electron chi connectivity index (χ0n) is 8.11. The average molecular weight is 360 g/mol. The number of rotatable bonds is 2. The summed E-state index contributed by atoms with van der Waals surface area (Å²) in [6.07, 6.45) is -4.49. The quantitative estimate of drug-likeness (QED) is 0.711. The standard InChI is InChI=1S/C10H7Br2F3O/c1-5(16)9(12)6-3-2-4-7(11)8(6)10(13,14)15/h2-4,9H,1H3. The Labute approximate surface area is 107 Å². The Morgan fingerprint density at radius 3 is 2.38 bits per heavy atom. The van der Waals surface area contributed by atoms with E-state index >= 15 is 0 Å². The van der Waals surface area contributed by atoms with Crippen LogP contribution in [-0.2, 0) is 11.0 Å². The van der Waals surface area contributed by atoms with Gasteiger partial charge in [0.2, 0.25) is 0 Å². The molecule has 0 aliphatic rings. The van der Waals surface area contributed by atoms with Crippen LogP contribution in [0.25, 0.3) is 0 Å². The van der Waals surface area contributed by atoms with Gasteiger partial charge in [-0.05, 0) is 18.6 Å². The van der Waals surface area contributed by atoms with Gasteiger partial charge in [0, 0.05) is 4.47 Å². The number of alkyl halides is 4. The van der Waals surface area contributed by atoms with E-state index < -0.39 is 16.6 Å². The first-order chi connectivity index (χ1) is 7.25. The summed E-state index contributed by atoms with van der Waals surface area (Å²) < 4.78 is 38.2. The summed E-state index contributed by atoms with van der Waals surface area (Å²) in [7, 11) is 0. The van der Waals surface area contributed by atoms with Gasteiger partial charge in [0.1, 0.15) is 5.78 Å². The number of carbonyl (C=O) groups excluding carboxylic acids is 1. The molecule has 1 unspecified atom stereocenters. The molecule has 1 rings (SSSR count). The largest absolute Gasteiger partial charge is 0.417 e. The molecule has 1 aromatic carbocycles. The molecule has 0 saturated heterocycles. The third-order valence-electron chi connectivity index (χ3n) is 1.96. The smallest absolute Gasteiger partial charge is 0.298 e. The Morgan fingerprint density at radius 1 is 1.38 bits per heavy atom. The van der Waals surface area contributed by atoms with E-state index in [-0.39, 0.29) is 15.8 Å². The monoisotopic (exact) mass is 358 g/mol. The third-order valence-corrected chi connectivity index (χ3v) is 3.76. The van der Waals surface area contributed by atoms with E-state index in [0.29, 0.717) is 0 Å². The topological polar surface area (TPSA) is 17.1 Å². The van der Waals surface area contributed by atoms with Crippen LogP contribution in [0.1, 0.15) is 22.9 Å². The molecule has 88 valence electrons. The average Bonchev–Trinajstić information content (AvgIpc) is 2.14. The second kappa shape index (κ2) is 4.87. The Hall–Kier alpha value is -0.360. The van der Waals surface area contributed by atoms with Crippen LogP contribution in [0, 0.1) is 0 Å². The summed E-state index contributed by atoms with van der Waals surface area (Å²) in [6.45, 7) is 1.24. The minimum absolute atomic E-state index is 0.0665. The molecular weight excluding hydrogens is 353 g/mol. The molecule has 1 nitrogen and oxygen atoms in total. The molecule has 0 bridgehead atoms. The lowest BCUT2D eigenvalue weighted by Crippen LogP contribution is -2.13. The van der Waals surface area contributed by atoms with E-state index in [4.69, 9.17) is 0 Å². The van der Waals surface area contributed by atoms with Gasteiger partial charge in [0.25, 0.3) is 0 Å². The van der Waals surface area contributed by atoms with Gasteiger partial charge in [0.15, 0.2) is 0 Å². The minimum atomic E-state index is -4.49. The highest BCUT2D eigenvalue weighted by atomic mass is 79.9. The molecule has 0 amide bonds. The summed E-state index contributed by atoms with van der Waals surface area (Å²) in [4.78, 5) is 10.2. The van der Waals surface area contributed by atoms with Gasteiger partial charge in [-0.1, -0.05) is 44.0 Å². The van der Waals surface area contributed by atoms with Crippen LogP contribution in [0.4, 0.5) is 13.2 Å². The van der Waals surface area contributed by atoms with Crippen molar-refractivity contribution in [3.8, 4) is 0 Å². The molecule has 0 heterocycles. The first-order valence-corrected chi connectivity index (χ1v) is 5.96. The van der Waals surface area contributed by atoms with E-state index in [9.17, 15) is 18.0 Å².